The Labute approximate surface area is 233 Å². The highest BCUT2D eigenvalue weighted by atomic mass is 35.5. The van der Waals surface area contributed by atoms with Gasteiger partial charge in [0.05, 0.1) is 23.9 Å². The Bertz CT molecular complexity index is 1630. The molecule has 1 N–H and O–H groups in total. The fourth-order valence-corrected chi connectivity index (χ4v) is 5.91. The van der Waals surface area contributed by atoms with Crippen LogP contribution in [-0.2, 0) is 14.8 Å². The Balaban J connectivity index is 1.60. The zero-order valence-corrected chi connectivity index (χ0v) is 23.6. The lowest BCUT2D eigenvalue weighted by Crippen LogP contribution is -2.39. The first-order chi connectivity index (χ1) is 18.6. The number of carbonyl (C=O) groups excluding carboxylic acids is 1. The van der Waals surface area contributed by atoms with Crippen molar-refractivity contribution in [1.29, 1.82) is 0 Å². The number of amides is 1. The second-order valence-corrected chi connectivity index (χ2v) is 11.2. The summed E-state index contributed by atoms with van der Waals surface area (Å²) >= 11 is 6.18. The van der Waals surface area contributed by atoms with E-state index >= 15 is 0 Å². The Hall–Kier alpha value is -4.08. The summed E-state index contributed by atoms with van der Waals surface area (Å²) in [6.45, 7) is 5.46. The average molecular weight is 565 g/mol. The summed E-state index contributed by atoms with van der Waals surface area (Å²) in [4.78, 5) is 13.0. The van der Waals surface area contributed by atoms with Gasteiger partial charge in [-0.05, 0) is 74.9 Å². The molecule has 0 radical (unpaired) electrons. The second-order valence-electron chi connectivity index (χ2n) is 8.93. The normalized spacial score (nSPS) is 11.5. The molecular formula is C29H29ClN4O4S. The van der Waals surface area contributed by atoms with Crippen molar-refractivity contribution in [3.8, 4) is 11.4 Å². The predicted molar refractivity (Wildman–Crippen MR) is 155 cm³/mol. The molecule has 0 atom stereocenters. The molecule has 1 aromatic heterocycles. The summed E-state index contributed by atoms with van der Waals surface area (Å²) in [5, 5.41) is 4.41. The highest BCUT2D eigenvalue weighted by Gasteiger charge is 2.29. The van der Waals surface area contributed by atoms with E-state index in [1.165, 1.54) is 25.3 Å². The summed E-state index contributed by atoms with van der Waals surface area (Å²) in [6.07, 6.45) is 1.54. The minimum atomic E-state index is -4.14. The fourth-order valence-electron chi connectivity index (χ4n) is 4.30. The van der Waals surface area contributed by atoms with Crippen molar-refractivity contribution < 1.29 is 17.9 Å². The van der Waals surface area contributed by atoms with E-state index in [2.05, 4.69) is 21.2 Å². The lowest BCUT2D eigenvalue weighted by atomic mass is 10.2. The van der Waals surface area contributed by atoms with Crippen LogP contribution in [0.2, 0.25) is 5.02 Å². The maximum absolute atomic E-state index is 13.6. The quantitative estimate of drug-likeness (QED) is 0.217. The predicted octanol–water partition coefficient (Wildman–Crippen LogP) is 5.41. The van der Waals surface area contributed by atoms with Crippen molar-refractivity contribution in [1.82, 2.24) is 9.99 Å². The zero-order chi connectivity index (χ0) is 28.2. The van der Waals surface area contributed by atoms with Crippen molar-refractivity contribution in [2.24, 2.45) is 5.10 Å². The number of nitrogens with zero attached hydrogens (tertiary/aromatic N) is 3. The van der Waals surface area contributed by atoms with Crippen LogP contribution < -0.4 is 14.5 Å². The molecule has 10 heteroatoms. The van der Waals surface area contributed by atoms with Crippen LogP contribution in [0.15, 0.2) is 88.9 Å². The summed E-state index contributed by atoms with van der Waals surface area (Å²) in [6, 6.07) is 22.5. The fraction of sp³-hybridized carbons (Fsp3) is 0.172. The molecular weight excluding hydrogens is 536 g/mol. The van der Waals surface area contributed by atoms with Gasteiger partial charge in [-0.3, -0.25) is 9.10 Å². The molecule has 0 bridgehead atoms. The second kappa shape index (κ2) is 11.8. The van der Waals surface area contributed by atoms with Gasteiger partial charge >= 0.3 is 0 Å². The van der Waals surface area contributed by atoms with E-state index in [-0.39, 0.29) is 16.3 Å². The molecule has 0 fully saturated rings. The first kappa shape index (κ1) is 27.9. The number of rotatable bonds is 9. The van der Waals surface area contributed by atoms with Gasteiger partial charge < -0.3 is 9.30 Å². The number of aryl methyl sites for hydroxylation is 2. The van der Waals surface area contributed by atoms with Gasteiger partial charge in [0.1, 0.15) is 12.3 Å². The van der Waals surface area contributed by atoms with Crippen LogP contribution in [0.5, 0.6) is 5.75 Å². The van der Waals surface area contributed by atoms with Gasteiger partial charge in [0.15, 0.2) is 0 Å². The molecule has 202 valence electrons. The van der Waals surface area contributed by atoms with Crippen LogP contribution in [0.25, 0.3) is 5.69 Å². The number of methoxy groups -OCH3 is 1. The van der Waals surface area contributed by atoms with Crippen molar-refractivity contribution >= 4 is 39.4 Å². The number of ether oxygens (including phenoxy) is 1. The standard InChI is InChI=1S/C29H29ClN4O4S/c1-20-9-8-10-25(15-20)34-21(2)16-23(22(34)3)18-31-32-29(35)19-33(27-17-24(30)13-14-28(27)38-4)39(36,37)26-11-6-5-7-12-26/h5-18H,19H2,1-4H3,(H,32,35)/b31-18+. The Morgan fingerprint density at radius 3 is 2.46 bits per heavy atom. The lowest BCUT2D eigenvalue weighted by Gasteiger charge is -2.25. The molecule has 0 unspecified atom stereocenters. The number of sulfonamides is 1. The molecule has 0 aliphatic heterocycles. The molecule has 3 aromatic carbocycles. The van der Waals surface area contributed by atoms with Crippen molar-refractivity contribution in [3.63, 3.8) is 0 Å². The van der Waals surface area contributed by atoms with Gasteiger partial charge in [-0.15, -0.1) is 0 Å². The number of hydrazone groups is 1. The number of nitrogens with one attached hydrogen (secondary N) is 1. The number of benzene rings is 3. The molecule has 0 saturated heterocycles. The van der Waals surface area contributed by atoms with Gasteiger partial charge in [-0.1, -0.05) is 41.9 Å². The summed E-state index contributed by atoms with van der Waals surface area (Å²) in [5.74, 6) is -0.390. The SMILES string of the molecule is COc1ccc(Cl)cc1N(CC(=O)N/N=C/c1cc(C)n(-c2cccc(C)c2)c1C)S(=O)(=O)c1ccccc1. The van der Waals surface area contributed by atoms with Crippen LogP contribution in [0.3, 0.4) is 0 Å². The third-order valence-electron chi connectivity index (χ3n) is 6.15. The van der Waals surface area contributed by atoms with Gasteiger partial charge in [0.25, 0.3) is 15.9 Å². The van der Waals surface area contributed by atoms with Crippen LogP contribution >= 0.6 is 11.6 Å². The van der Waals surface area contributed by atoms with Crippen LogP contribution in [-0.4, -0.2) is 38.8 Å². The molecule has 1 heterocycles. The van der Waals surface area contributed by atoms with E-state index < -0.39 is 22.5 Å². The number of anilines is 1. The van der Waals surface area contributed by atoms with Crippen LogP contribution in [0, 0.1) is 20.8 Å². The van der Waals surface area contributed by atoms with E-state index in [4.69, 9.17) is 16.3 Å². The third kappa shape index (κ3) is 6.16. The van der Waals surface area contributed by atoms with Gasteiger partial charge in [0, 0.05) is 27.7 Å². The maximum atomic E-state index is 13.6. The first-order valence-corrected chi connectivity index (χ1v) is 13.9. The Morgan fingerprint density at radius 1 is 1.03 bits per heavy atom. The van der Waals surface area contributed by atoms with E-state index in [1.807, 2.05) is 45.0 Å². The molecule has 0 saturated carbocycles. The van der Waals surface area contributed by atoms with Gasteiger partial charge in [-0.25, -0.2) is 13.8 Å². The number of halogens is 1. The van der Waals surface area contributed by atoms with Crippen LogP contribution in [0.4, 0.5) is 5.69 Å². The first-order valence-electron chi connectivity index (χ1n) is 12.1. The van der Waals surface area contributed by atoms with Crippen LogP contribution in [0.1, 0.15) is 22.5 Å². The molecule has 1 amide bonds. The summed E-state index contributed by atoms with van der Waals surface area (Å²) < 4.78 is 35.6. The Morgan fingerprint density at radius 2 is 1.77 bits per heavy atom. The van der Waals surface area contributed by atoms with Crippen molar-refractivity contribution in [2.45, 2.75) is 25.7 Å². The number of carbonyl (C=O) groups is 1. The highest BCUT2D eigenvalue weighted by molar-refractivity contribution is 7.92. The zero-order valence-electron chi connectivity index (χ0n) is 22.1. The lowest BCUT2D eigenvalue weighted by molar-refractivity contribution is -0.119. The van der Waals surface area contributed by atoms with E-state index in [1.54, 1.807) is 36.5 Å². The number of aromatic nitrogens is 1. The molecule has 0 aliphatic carbocycles. The largest absolute Gasteiger partial charge is 0.495 e. The highest BCUT2D eigenvalue weighted by Crippen LogP contribution is 2.34. The van der Waals surface area contributed by atoms with E-state index in [0.29, 0.717) is 5.02 Å². The van der Waals surface area contributed by atoms with E-state index in [0.717, 1.165) is 32.5 Å². The summed E-state index contributed by atoms with van der Waals surface area (Å²) in [7, 11) is -2.73. The van der Waals surface area contributed by atoms with E-state index in [9.17, 15) is 13.2 Å². The molecule has 8 nitrogen and oxygen atoms in total. The minimum absolute atomic E-state index is 0.0203. The van der Waals surface area contributed by atoms with Crippen molar-refractivity contribution in [3.05, 3.63) is 106 Å². The maximum Gasteiger partial charge on any atom is 0.264 e. The average Bonchev–Trinajstić information content (AvgIpc) is 3.20. The molecule has 4 aromatic rings. The third-order valence-corrected chi connectivity index (χ3v) is 8.16. The number of hydrogen-bond acceptors (Lipinski definition) is 5. The minimum Gasteiger partial charge on any atom is -0.495 e. The molecule has 0 aliphatic rings. The van der Waals surface area contributed by atoms with Crippen molar-refractivity contribution in [2.75, 3.05) is 18.0 Å². The Kier molecular flexibility index (Phi) is 8.42. The smallest absolute Gasteiger partial charge is 0.264 e. The van der Waals surface area contributed by atoms with Gasteiger partial charge in [0.2, 0.25) is 0 Å². The number of hydrogen-bond donors (Lipinski definition) is 1. The molecule has 39 heavy (non-hydrogen) atoms. The monoisotopic (exact) mass is 564 g/mol. The molecule has 4 rings (SSSR count). The topological polar surface area (TPSA) is 93.0 Å². The summed E-state index contributed by atoms with van der Waals surface area (Å²) in [5.41, 5.74) is 7.55. The molecule has 0 spiro atoms. The van der Waals surface area contributed by atoms with Gasteiger partial charge in [-0.2, -0.15) is 5.10 Å².